The van der Waals surface area contributed by atoms with Crippen LogP contribution in [0.25, 0.3) is 6.08 Å². The molecule has 46 heavy (non-hydrogen) atoms. The molecule has 0 fully saturated rings. The van der Waals surface area contributed by atoms with E-state index in [4.69, 9.17) is 25.8 Å². The molecule has 0 heterocycles. The molecular formula is C35H34ClN3O6S. The fraction of sp³-hybridized carbons (Fsp3) is 0.171. The van der Waals surface area contributed by atoms with Gasteiger partial charge < -0.3 is 30.2 Å². The molecule has 0 aliphatic carbocycles. The van der Waals surface area contributed by atoms with Crippen LogP contribution in [0.4, 0.5) is 11.4 Å². The fourth-order valence-corrected chi connectivity index (χ4v) is 5.57. The summed E-state index contributed by atoms with van der Waals surface area (Å²) in [4.78, 5) is 40.5. The van der Waals surface area contributed by atoms with Crippen LogP contribution in [0.3, 0.4) is 0 Å². The number of thioether (sulfide) groups is 1. The third-order valence-corrected chi connectivity index (χ3v) is 8.37. The van der Waals surface area contributed by atoms with E-state index in [0.29, 0.717) is 51.2 Å². The normalized spacial score (nSPS) is 11.6. The maximum atomic E-state index is 13.5. The monoisotopic (exact) mass is 659 g/mol. The van der Waals surface area contributed by atoms with Crippen molar-refractivity contribution >= 4 is 58.5 Å². The highest BCUT2D eigenvalue weighted by molar-refractivity contribution is 8.00. The molecule has 1 unspecified atom stereocenters. The summed E-state index contributed by atoms with van der Waals surface area (Å²) in [5.74, 6) is 0.323. The van der Waals surface area contributed by atoms with Gasteiger partial charge in [0.05, 0.1) is 37.3 Å². The number of carbonyl (C=O) groups excluding carboxylic acids is 3. The van der Waals surface area contributed by atoms with Crippen LogP contribution in [0.5, 0.6) is 17.2 Å². The quantitative estimate of drug-likeness (QED) is 0.102. The first-order chi connectivity index (χ1) is 22.2. The van der Waals surface area contributed by atoms with Crippen molar-refractivity contribution in [3.05, 3.63) is 113 Å². The van der Waals surface area contributed by atoms with Crippen molar-refractivity contribution in [3.8, 4) is 17.2 Å². The van der Waals surface area contributed by atoms with Crippen LogP contribution >= 0.6 is 23.4 Å². The summed E-state index contributed by atoms with van der Waals surface area (Å²) in [5, 5.41) is 8.38. The summed E-state index contributed by atoms with van der Waals surface area (Å²) in [6, 6.07) is 26.1. The summed E-state index contributed by atoms with van der Waals surface area (Å²) in [6.45, 7) is 1.91. The van der Waals surface area contributed by atoms with E-state index in [1.165, 1.54) is 26.0 Å². The number of hydrogen-bond acceptors (Lipinski definition) is 7. The standard InChI is InChI=1S/C35H34ClN3O6S/c1-5-32(35(42)38-28-20-27(36)30(44-3)21-31(28)45-4)46-26-13-9-12-24(19-26)37-34(41)29(18-22-14-16-25(43-2)17-15-22)39-33(40)23-10-7-6-8-11-23/h6-21,32H,5H2,1-4H3,(H,37,41)(H,38,42)(H,39,40)/b29-18+. The first-order valence-electron chi connectivity index (χ1n) is 14.3. The van der Waals surface area contributed by atoms with Crippen molar-refractivity contribution in [2.75, 3.05) is 32.0 Å². The van der Waals surface area contributed by atoms with Crippen molar-refractivity contribution in [3.63, 3.8) is 0 Å². The van der Waals surface area contributed by atoms with Gasteiger partial charge in [0, 0.05) is 22.2 Å². The van der Waals surface area contributed by atoms with Crippen LogP contribution in [0.1, 0.15) is 29.3 Å². The summed E-state index contributed by atoms with van der Waals surface area (Å²) in [6.07, 6.45) is 2.12. The highest BCUT2D eigenvalue weighted by atomic mass is 35.5. The first kappa shape index (κ1) is 34.0. The lowest BCUT2D eigenvalue weighted by molar-refractivity contribution is -0.116. The first-order valence-corrected chi connectivity index (χ1v) is 15.5. The SMILES string of the molecule is CCC(Sc1cccc(NC(=O)/C(=C\c2ccc(OC)cc2)NC(=O)c2ccccc2)c1)C(=O)Nc1cc(Cl)c(OC)cc1OC. The molecule has 0 saturated heterocycles. The van der Waals surface area contributed by atoms with Gasteiger partial charge in [-0.1, -0.05) is 54.9 Å². The maximum Gasteiger partial charge on any atom is 0.272 e. The molecule has 11 heteroatoms. The molecule has 0 aromatic heterocycles. The molecule has 0 spiro atoms. The Kier molecular flexibility index (Phi) is 12.1. The van der Waals surface area contributed by atoms with Gasteiger partial charge in [-0.05, 0) is 66.6 Å². The van der Waals surface area contributed by atoms with E-state index in [9.17, 15) is 14.4 Å². The number of rotatable bonds is 13. The molecule has 0 saturated carbocycles. The molecule has 4 rings (SSSR count). The van der Waals surface area contributed by atoms with Crippen molar-refractivity contribution < 1.29 is 28.6 Å². The average Bonchev–Trinajstić information content (AvgIpc) is 3.07. The van der Waals surface area contributed by atoms with Crippen LogP contribution in [0, 0.1) is 0 Å². The van der Waals surface area contributed by atoms with Gasteiger partial charge in [-0.15, -0.1) is 11.8 Å². The summed E-state index contributed by atoms with van der Waals surface area (Å²) in [5.41, 5.74) is 2.06. The molecule has 0 aliphatic heterocycles. The van der Waals surface area contributed by atoms with Crippen molar-refractivity contribution in [2.45, 2.75) is 23.5 Å². The molecular weight excluding hydrogens is 626 g/mol. The van der Waals surface area contributed by atoms with Gasteiger partial charge >= 0.3 is 0 Å². The summed E-state index contributed by atoms with van der Waals surface area (Å²) in [7, 11) is 4.56. The van der Waals surface area contributed by atoms with E-state index in [2.05, 4.69) is 16.0 Å². The highest BCUT2D eigenvalue weighted by Gasteiger charge is 2.21. The number of benzene rings is 4. The van der Waals surface area contributed by atoms with E-state index in [1.54, 1.807) is 98.1 Å². The second-order valence-electron chi connectivity index (χ2n) is 9.82. The Hall–Kier alpha value is -4.93. The minimum Gasteiger partial charge on any atom is -0.497 e. The smallest absolute Gasteiger partial charge is 0.272 e. The number of anilines is 2. The third kappa shape index (κ3) is 9.06. The fourth-order valence-electron chi connectivity index (χ4n) is 4.31. The minimum atomic E-state index is -0.518. The number of halogens is 1. The van der Waals surface area contributed by atoms with Gasteiger partial charge in [-0.25, -0.2) is 0 Å². The Morgan fingerprint density at radius 2 is 1.54 bits per heavy atom. The zero-order valence-corrected chi connectivity index (χ0v) is 27.3. The number of hydrogen-bond donors (Lipinski definition) is 3. The van der Waals surface area contributed by atoms with Gasteiger partial charge in [0.15, 0.2) is 0 Å². The molecule has 9 nitrogen and oxygen atoms in total. The summed E-state index contributed by atoms with van der Waals surface area (Å²) >= 11 is 7.63. The number of amides is 3. The number of nitrogens with one attached hydrogen (secondary N) is 3. The van der Waals surface area contributed by atoms with Crippen molar-refractivity contribution in [1.82, 2.24) is 5.32 Å². The molecule has 4 aromatic rings. The predicted octanol–water partition coefficient (Wildman–Crippen LogP) is 7.28. The Labute approximate surface area is 277 Å². The number of carbonyl (C=O) groups is 3. The Bertz CT molecular complexity index is 1710. The Morgan fingerprint density at radius 3 is 2.20 bits per heavy atom. The maximum absolute atomic E-state index is 13.5. The average molecular weight is 660 g/mol. The third-order valence-electron chi connectivity index (χ3n) is 6.72. The van der Waals surface area contributed by atoms with Crippen LogP contribution < -0.4 is 30.2 Å². The van der Waals surface area contributed by atoms with Crippen LogP contribution in [-0.4, -0.2) is 44.3 Å². The molecule has 0 aliphatic rings. The number of methoxy groups -OCH3 is 3. The molecule has 238 valence electrons. The van der Waals surface area contributed by atoms with Gasteiger partial charge in [-0.3, -0.25) is 14.4 Å². The topological polar surface area (TPSA) is 115 Å². The molecule has 0 radical (unpaired) electrons. The largest absolute Gasteiger partial charge is 0.497 e. The van der Waals surface area contributed by atoms with Crippen LogP contribution in [-0.2, 0) is 9.59 Å². The van der Waals surface area contributed by atoms with E-state index in [0.717, 1.165) is 4.90 Å². The van der Waals surface area contributed by atoms with E-state index >= 15 is 0 Å². The molecule has 4 aromatic carbocycles. The van der Waals surface area contributed by atoms with Gasteiger partial charge in [0.25, 0.3) is 11.8 Å². The van der Waals surface area contributed by atoms with Crippen LogP contribution in [0.15, 0.2) is 102 Å². The van der Waals surface area contributed by atoms with Crippen molar-refractivity contribution in [2.24, 2.45) is 0 Å². The molecule has 3 amide bonds. The molecule has 0 bridgehead atoms. The second-order valence-corrected chi connectivity index (χ2v) is 11.5. The molecule has 1 atom stereocenters. The number of ether oxygens (including phenoxy) is 3. The van der Waals surface area contributed by atoms with Gasteiger partial charge in [-0.2, -0.15) is 0 Å². The lowest BCUT2D eigenvalue weighted by atomic mass is 10.1. The van der Waals surface area contributed by atoms with Crippen LogP contribution in [0.2, 0.25) is 5.02 Å². The zero-order valence-electron chi connectivity index (χ0n) is 25.8. The van der Waals surface area contributed by atoms with E-state index in [1.807, 2.05) is 13.0 Å². The Morgan fingerprint density at radius 1 is 0.826 bits per heavy atom. The minimum absolute atomic E-state index is 0.0509. The predicted molar refractivity (Wildman–Crippen MR) is 183 cm³/mol. The van der Waals surface area contributed by atoms with E-state index < -0.39 is 17.1 Å². The lowest BCUT2D eigenvalue weighted by Crippen LogP contribution is -2.30. The van der Waals surface area contributed by atoms with Crippen molar-refractivity contribution in [1.29, 1.82) is 0 Å². The summed E-state index contributed by atoms with van der Waals surface area (Å²) < 4.78 is 15.9. The van der Waals surface area contributed by atoms with Gasteiger partial charge in [0.2, 0.25) is 5.91 Å². The highest BCUT2D eigenvalue weighted by Crippen LogP contribution is 2.37. The lowest BCUT2D eigenvalue weighted by Gasteiger charge is -2.18. The zero-order chi connectivity index (χ0) is 33.1. The Balaban J connectivity index is 1.51. The van der Waals surface area contributed by atoms with E-state index in [-0.39, 0.29) is 11.6 Å². The van der Waals surface area contributed by atoms with Gasteiger partial charge in [0.1, 0.15) is 22.9 Å². The second kappa shape index (κ2) is 16.4. The molecule has 3 N–H and O–H groups in total.